The topological polar surface area (TPSA) is 104 Å². The zero-order chi connectivity index (χ0) is 14.3. The van der Waals surface area contributed by atoms with Crippen molar-refractivity contribution in [3.05, 3.63) is 18.2 Å². The van der Waals surface area contributed by atoms with Crippen LogP contribution in [0.5, 0.6) is 0 Å². The molecule has 0 spiro atoms. The molecule has 1 rings (SSSR count). The van der Waals surface area contributed by atoms with E-state index in [4.69, 9.17) is 9.84 Å². The Morgan fingerprint density at radius 2 is 2.32 bits per heavy atom. The van der Waals surface area contributed by atoms with Crippen LogP contribution in [0.1, 0.15) is 19.0 Å². The summed E-state index contributed by atoms with van der Waals surface area (Å²) in [7, 11) is 1.56. The highest BCUT2D eigenvalue weighted by Gasteiger charge is 2.21. The number of amides is 1. The van der Waals surface area contributed by atoms with Crippen LogP contribution in [0.3, 0.4) is 0 Å². The molecule has 3 N–H and O–H groups in total. The highest BCUT2D eigenvalue weighted by Crippen LogP contribution is 2.04. The van der Waals surface area contributed by atoms with Crippen LogP contribution in [0.2, 0.25) is 0 Å². The second-order valence-corrected chi connectivity index (χ2v) is 4.50. The highest BCUT2D eigenvalue weighted by atomic mass is 16.5. The fourth-order valence-corrected chi connectivity index (χ4v) is 1.73. The van der Waals surface area contributed by atoms with E-state index in [1.165, 1.54) is 12.5 Å². The lowest BCUT2D eigenvalue weighted by atomic mass is 10.1. The zero-order valence-corrected chi connectivity index (χ0v) is 11.0. The number of aliphatic carboxylic acids is 1. The van der Waals surface area contributed by atoms with E-state index in [2.05, 4.69) is 15.3 Å². The quantitative estimate of drug-likeness (QED) is 0.625. The van der Waals surface area contributed by atoms with Gasteiger partial charge in [-0.3, -0.25) is 4.79 Å². The second-order valence-electron chi connectivity index (χ2n) is 4.50. The summed E-state index contributed by atoms with van der Waals surface area (Å²) in [5.74, 6) is -1.31. The maximum atomic E-state index is 11.7. The number of nitrogens with one attached hydrogen (secondary N) is 2. The van der Waals surface area contributed by atoms with E-state index >= 15 is 0 Å². The van der Waals surface area contributed by atoms with Crippen LogP contribution in [0.25, 0.3) is 0 Å². The van der Waals surface area contributed by atoms with Gasteiger partial charge in [0.1, 0.15) is 6.04 Å². The number of hydrogen-bond donors (Lipinski definition) is 3. The van der Waals surface area contributed by atoms with Crippen molar-refractivity contribution >= 4 is 11.9 Å². The maximum Gasteiger partial charge on any atom is 0.326 e. The van der Waals surface area contributed by atoms with Crippen molar-refractivity contribution in [2.45, 2.75) is 25.8 Å². The lowest BCUT2D eigenvalue weighted by Gasteiger charge is -2.15. The molecule has 7 heteroatoms. The minimum absolute atomic E-state index is 0.0478. The Labute approximate surface area is 111 Å². The molecule has 1 aromatic heterocycles. The van der Waals surface area contributed by atoms with Crippen LogP contribution < -0.4 is 5.32 Å². The number of carbonyl (C=O) groups is 2. The molecular formula is C12H19N3O4. The van der Waals surface area contributed by atoms with Crippen LogP contribution in [0, 0.1) is 5.92 Å². The first kappa shape index (κ1) is 15.2. The summed E-state index contributed by atoms with van der Waals surface area (Å²) in [5.41, 5.74) is 0.664. The third kappa shape index (κ3) is 5.52. The first-order valence-electron chi connectivity index (χ1n) is 6.01. The predicted molar refractivity (Wildman–Crippen MR) is 67.5 cm³/mol. The fourth-order valence-electron chi connectivity index (χ4n) is 1.73. The molecular weight excluding hydrogens is 250 g/mol. The molecule has 0 saturated carbocycles. The van der Waals surface area contributed by atoms with Gasteiger partial charge in [0.25, 0.3) is 0 Å². The van der Waals surface area contributed by atoms with Gasteiger partial charge < -0.3 is 20.1 Å². The smallest absolute Gasteiger partial charge is 0.326 e. The van der Waals surface area contributed by atoms with Gasteiger partial charge in [-0.05, 0) is 5.92 Å². The minimum atomic E-state index is -1.07. The van der Waals surface area contributed by atoms with Crippen molar-refractivity contribution in [1.82, 2.24) is 15.3 Å². The number of carboxylic acids is 1. The van der Waals surface area contributed by atoms with Gasteiger partial charge in [0.15, 0.2) is 0 Å². The molecule has 0 radical (unpaired) electrons. The molecule has 0 saturated heterocycles. The van der Waals surface area contributed by atoms with Gasteiger partial charge in [-0.15, -0.1) is 0 Å². The van der Waals surface area contributed by atoms with E-state index in [0.717, 1.165) is 0 Å². The number of carboxylic acid groups (broad SMARTS) is 1. The van der Waals surface area contributed by atoms with E-state index in [9.17, 15) is 9.59 Å². The van der Waals surface area contributed by atoms with Crippen molar-refractivity contribution in [1.29, 1.82) is 0 Å². The van der Waals surface area contributed by atoms with Gasteiger partial charge in [0.05, 0.1) is 6.33 Å². The first-order chi connectivity index (χ1) is 9.02. The molecule has 0 aliphatic carbocycles. The molecule has 2 atom stereocenters. The lowest BCUT2D eigenvalue weighted by molar-refractivity contribution is -0.142. The molecule has 1 aromatic rings. The van der Waals surface area contributed by atoms with Crippen molar-refractivity contribution < 1.29 is 19.4 Å². The molecule has 0 bridgehead atoms. The number of methoxy groups -OCH3 is 1. The minimum Gasteiger partial charge on any atom is -0.480 e. The number of ether oxygens (including phenoxy) is 1. The molecule has 1 amide bonds. The SMILES string of the molecule is COCC(C)CC(=O)NC(Cc1cnc[nH]1)C(=O)O. The molecule has 0 aromatic carbocycles. The summed E-state index contributed by atoms with van der Waals surface area (Å²) in [4.78, 5) is 29.4. The standard InChI is InChI=1S/C12H19N3O4/c1-8(6-19-2)3-11(16)15-10(12(17)18)4-9-5-13-7-14-9/h5,7-8,10H,3-4,6H2,1-2H3,(H,13,14)(H,15,16)(H,17,18). The fraction of sp³-hybridized carbons (Fsp3) is 0.583. The summed E-state index contributed by atoms with van der Waals surface area (Å²) in [6, 6.07) is -0.956. The number of H-pyrrole nitrogens is 1. The van der Waals surface area contributed by atoms with Gasteiger partial charge in [-0.1, -0.05) is 6.92 Å². The molecule has 106 valence electrons. The van der Waals surface area contributed by atoms with E-state index in [1.807, 2.05) is 6.92 Å². The number of imidazole rings is 1. The zero-order valence-electron chi connectivity index (χ0n) is 11.0. The summed E-state index contributed by atoms with van der Waals surface area (Å²) in [6.07, 6.45) is 3.42. The Bertz CT molecular complexity index is 405. The summed E-state index contributed by atoms with van der Waals surface area (Å²) >= 11 is 0. The molecule has 1 heterocycles. The van der Waals surface area contributed by atoms with Gasteiger partial charge in [0.2, 0.25) is 5.91 Å². The van der Waals surface area contributed by atoms with Crippen LogP contribution in [-0.2, 0) is 20.7 Å². The third-order valence-corrected chi connectivity index (χ3v) is 2.60. The Kier molecular flexibility index (Phi) is 6.01. The summed E-state index contributed by atoms with van der Waals surface area (Å²) < 4.78 is 4.93. The van der Waals surface area contributed by atoms with Crippen molar-refractivity contribution in [3.63, 3.8) is 0 Å². The third-order valence-electron chi connectivity index (χ3n) is 2.60. The van der Waals surface area contributed by atoms with Crippen LogP contribution in [0.4, 0.5) is 0 Å². The molecule has 0 fully saturated rings. The van der Waals surface area contributed by atoms with Crippen LogP contribution >= 0.6 is 0 Å². The number of aromatic nitrogens is 2. The van der Waals surface area contributed by atoms with E-state index in [0.29, 0.717) is 12.3 Å². The molecule has 19 heavy (non-hydrogen) atoms. The van der Waals surface area contributed by atoms with Crippen molar-refractivity contribution in [2.24, 2.45) is 5.92 Å². The van der Waals surface area contributed by atoms with Crippen LogP contribution in [-0.4, -0.2) is 46.7 Å². The largest absolute Gasteiger partial charge is 0.480 e. The molecule has 0 aliphatic rings. The number of carbonyl (C=O) groups excluding carboxylic acids is 1. The van der Waals surface area contributed by atoms with Gasteiger partial charge in [-0.25, -0.2) is 9.78 Å². The Hall–Kier alpha value is -1.89. The predicted octanol–water partition coefficient (Wildman–Crippen LogP) is 0.194. The number of aromatic amines is 1. The first-order valence-corrected chi connectivity index (χ1v) is 6.01. The second kappa shape index (κ2) is 7.52. The average Bonchev–Trinajstić information content (AvgIpc) is 2.80. The Balaban J connectivity index is 2.49. The van der Waals surface area contributed by atoms with E-state index < -0.39 is 12.0 Å². The summed E-state index contributed by atoms with van der Waals surface area (Å²) in [6.45, 7) is 2.33. The van der Waals surface area contributed by atoms with Gasteiger partial charge >= 0.3 is 5.97 Å². The highest BCUT2D eigenvalue weighted by molar-refractivity contribution is 5.83. The monoisotopic (exact) mass is 269 g/mol. The van der Waals surface area contributed by atoms with E-state index in [1.54, 1.807) is 7.11 Å². The summed E-state index contributed by atoms with van der Waals surface area (Å²) in [5, 5.41) is 11.6. The molecule has 7 nitrogen and oxygen atoms in total. The van der Waals surface area contributed by atoms with Crippen LogP contribution in [0.15, 0.2) is 12.5 Å². The maximum absolute atomic E-state index is 11.7. The number of nitrogens with zero attached hydrogens (tertiary/aromatic N) is 1. The number of hydrogen-bond acceptors (Lipinski definition) is 4. The van der Waals surface area contributed by atoms with E-state index in [-0.39, 0.29) is 24.7 Å². The van der Waals surface area contributed by atoms with Crippen molar-refractivity contribution in [3.8, 4) is 0 Å². The normalized spacial score (nSPS) is 13.8. The van der Waals surface area contributed by atoms with Gasteiger partial charge in [-0.2, -0.15) is 0 Å². The Morgan fingerprint density at radius 1 is 1.58 bits per heavy atom. The van der Waals surface area contributed by atoms with Gasteiger partial charge in [0, 0.05) is 38.4 Å². The van der Waals surface area contributed by atoms with Crippen molar-refractivity contribution in [2.75, 3.05) is 13.7 Å². The molecule has 0 aliphatic heterocycles. The Morgan fingerprint density at radius 3 is 2.84 bits per heavy atom. The molecule has 2 unspecified atom stereocenters. The average molecular weight is 269 g/mol. The lowest BCUT2D eigenvalue weighted by Crippen LogP contribution is -2.43. The number of rotatable bonds is 8.